The molecule has 1 aliphatic rings. The molecule has 31 heavy (non-hydrogen) atoms. The predicted octanol–water partition coefficient (Wildman–Crippen LogP) is 2.48. The summed E-state index contributed by atoms with van der Waals surface area (Å²) < 4.78 is 15.7. The molecule has 162 valence electrons. The van der Waals surface area contributed by atoms with Crippen LogP contribution in [0.3, 0.4) is 0 Å². The Labute approximate surface area is 182 Å². The number of thiophene rings is 1. The number of nitrogens with zero attached hydrogens (tertiary/aromatic N) is 2. The van der Waals surface area contributed by atoms with E-state index in [0.717, 1.165) is 11.3 Å². The summed E-state index contributed by atoms with van der Waals surface area (Å²) in [4.78, 5) is 38.9. The van der Waals surface area contributed by atoms with Crippen LogP contribution in [-0.4, -0.2) is 38.1 Å². The molecule has 1 saturated heterocycles. The minimum atomic E-state index is -0.690. The van der Waals surface area contributed by atoms with Gasteiger partial charge in [0.1, 0.15) is 28.3 Å². The number of anilines is 2. The topological polar surface area (TPSA) is 132 Å². The molecule has 10 heteroatoms. The van der Waals surface area contributed by atoms with E-state index in [2.05, 4.69) is 0 Å². The molecular formula is C21H21N3O6S. The lowest BCUT2D eigenvalue weighted by molar-refractivity contribution is -0.149. The molecule has 2 heterocycles. The number of ether oxygens (including phenoxy) is 3. The van der Waals surface area contributed by atoms with Crippen molar-refractivity contribution in [2.75, 3.05) is 30.9 Å². The number of nitrogens with two attached hydrogens (primary N) is 1. The average Bonchev–Trinajstić information content (AvgIpc) is 3.31. The third kappa shape index (κ3) is 4.46. The van der Waals surface area contributed by atoms with Crippen LogP contribution in [0.1, 0.15) is 34.1 Å². The molecule has 0 radical (unpaired) electrons. The Hall–Kier alpha value is -3.58. The van der Waals surface area contributed by atoms with Crippen LogP contribution in [0.5, 0.6) is 5.75 Å². The first-order valence-corrected chi connectivity index (χ1v) is 10.3. The molecule has 0 bridgehead atoms. The molecule has 2 aromatic rings. The van der Waals surface area contributed by atoms with E-state index in [1.54, 1.807) is 31.2 Å². The maximum absolute atomic E-state index is 12.6. The molecule has 9 nitrogen and oxygen atoms in total. The molecule has 0 aliphatic carbocycles. The standard InChI is InChI=1S/C21H21N3O6S/c1-3-29-21(27)18-14(13(9-22)19(23)31-18)11-30-20(26)12-8-17(25)24(10-12)15-6-4-5-7-16(15)28-2/h4-7,12H,3,8,10-11,23H2,1-2H3. The number of esters is 2. The lowest BCUT2D eigenvalue weighted by Crippen LogP contribution is -2.26. The van der Waals surface area contributed by atoms with Crippen molar-refractivity contribution in [2.24, 2.45) is 5.92 Å². The summed E-state index contributed by atoms with van der Waals surface area (Å²) in [7, 11) is 1.51. The fourth-order valence-corrected chi connectivity index (χ4v) is 4.24. The van der Waals surface area contributed by atoms with Gasteiger partial charge in [-0.2, -0.15) is 5.26 Å². The summed E-state index contributed by atoms with van der Waals surface area (Å²) in [5, 5.41) is 9.51. The molecule has 1 atom stereocenters. The van der Waals surface area contributed by atoms with Gasteiger partial charge in [-0.05, 0) is 19.1 Å². The minimum Gasteiger partial charge on any atom is -0.495 e. The Bertz CT molecular complexity index is 1060. The van der Waals surface area contributed by atoms with E-state index >= 15 is 0 Å². The smallest absolute Gasteiger partial charge is 0.348 e. The zero-order valence-electron chi connectivity index (χ0n) is 17.0. The van der Waals surface area contributed by atoms with Crippen molar-refractivity contribution < 1.29 is 28.6 Å². The summed E-state index contributed by atoms with van der Waals surface area (Å²) >= 11 is 0.913. The van der Waals surface area contributed by atoms with E-state index in [1.165, 1.54) is 12.0 Å². The first-order valence-electron chi connectivity index (χ1n) is 9.49. The first-order chi connectivity index (χ1) is 14.9. The highest BCUT2D eigenvalue weighted by Gasteiger charge is 2.37. The fraction of sp³-hybridized carbons (Fsp3) is 0.333. The molecule has 1 aliphatic heterocycles. The third-order valence-corrected chi connectivity index (χ3v) is 5.84. The normalized spacial score (nSPS) is 15.5. The summed E-state index contributed by atoms with van der Waals surface area (Å²) in [5.41, 5.74) is 6.70. The van der Waals surface area contributed by atoms with Crippen molar-refractivity contribution in [3.8, 4) is 11.8 Å². The Kier molecular flexibility index (Phi) is 6.77. The van der Waals surface area contributed by atoms with Gasteiger partial charge in [0.2, 0.25) is 5.91 Å². The van der Waals surface area contributed by atoms with E-state index < -0.39 is 17.9 Å². The number of rotatable bonds is 7. The second-order valence-electron chi connectivity index (χ2n) is 6.67. The van der Waals surface area contributed by atoms with Gasteiger partial charge in [0.15, 0.2) is 0 Å². The van der Waals surface area contributed by atoms with Crippen LogP contribution in [0, 0.1) is 17.2 Å². The SMILES string of the molecule is CCOC(=O)c1sc(N)c(C#N)c1COC(=O)C1CC(=O)N(c2ccccc2OC)C1. The van der Waals surface area contributed by atoms with Gasteiger partial charge in [-0.1, -0.05) is 12.1 Å². The highest BCUT2D eigenvalue weighted by Crippen LogP contribution is 2.34. The van der Waals surface area contributed by atoms with Gasteiger partial charge in [-0.25, -0.2) is 4.79 Å². The second-order valence-corrected chi connectivity index (χ2v) is 7.72. The summed E-state index contributed by atoms with van der Waals surface area (Å²) in [6.45, 7) is 1.63. The number of amides is 1. The number of methoxy groups -OCH3 is 1. The van der Waals surface area contributed by atoms with Gasteiger partial charge < -0.3 is 24.8 Å². The van der Waals surface area contributed by atoms with Crippen molar-refractivity contribution >= 4 is 39.9 Å². The van der Waals surface area contributed by atoms with Crippen LogP contribution in [0.2, 0.25) is 0 Å². The van der Waals surface area contributed by atoms with Gasteiger partial charge in [0.25, 0.3) is 0 Å². The lowest BCUT2D eigenvalue weighted by Gasteiger charge is -2.19. The van der Waals surface area contributed by atoms with Gasteiger partial charge in [0, 0.05) is 18.5 Å². The molecule has 1 unspecified atom stereocenters. The number of hydrogen-bond donors (Lipinski definition) is 1. The van der Waals surface area contributed by atoms with Crippen molar-refractivity contribution in [3.05, 3.63) is 40.3 Å². The average molecular weight is 443 g/mol. The van der Waals surface area contributed by atoms with E-state index in [-0.39, 0.29) is 53.1 Å². The summed E-state index contributed by atoms with van der Waals surface area (Å²) in [6, 6.07) is 8.97. The number of nitrogen functional groups attached to an aromatic ring is 1. The van der Waals surface area contributed by atoms with Crippen LogP contribution in [0.4, 0.5) is 10.7 Å². The summed E-state index contributed by atoms with van der Waals surface area (Å²) in [6.07, 6.45) is -0.0154. The molecule has 3 rings (SSSR count). The van der Waals surface area contributed by atoms with E-state index in [4.69, 9.17) is 19.9 Å². The van der Waals surface area contributed by atoms with Crippen LogP contribution < -0.4 is 15.4 Å². The van der Waals surface area contributed by atoms with E-state index in [1.807, 2.05) is 6.07 Å². The highest BCUT2D eigenvalue weighted by atomic mass is 32.1. The van der Waals surface area contributed by atoms with E-state index in [9.17, 15) is 19.6 Å². The van der Waals surface area contributed by atoms with Crippen molar-refractivity contribution in [1.29, 1.82) is 5.26 Å². The maximum atomic E-state index is 12.6. The molecule has 1 aromatic heterocycles. The van der Waals surface area contributed by atoms with Crippen LogP contribution >= 0.6 is 11.3 Å². The summed E-state index contributed by atoms with van der Waals surface area (Å²) in [5.74, 6) is -1.63. The Morgan fingerprint density at radius 2 is 2.06 bits per heavy atom. The second kappa shape index (κ2) is 9.49. The molecule has 2 N–H and O–H groups in total. The number of nitriles is 1. The minimum absolute atomic E-state index is 0.0154. The Morgan fingerprint density at radius 1 is 1.32 bits per heavy atom. The number of benzene rings is 1. The molecule has 1 aromatic carbocycles. The molecule has 1 amide bonds. The first kappa shape index (κ1) is 22.1. The van der Waals surface area contributed by atoms with Crippen molar-refractivity contribution in [3.63, 3.8) is 0 Å². The monoisotopic (exact) mass is 443 g/mol. The van der Waals surface area contributed by atoms with Crippen LogP contribution in [-0.2, 0) is 25.7 Å². The van der Waals surface area contributed by atoms with Crippen molar-refractivity contribution in [1.82, 2.24) is 0 Å². The zero-order valence-corrected chi connectivity index (χ0v) is 17.9. The third-order valence-electron chi connectivity index (χ3n) is 4.80. The van der Waals surface area contributed by atoms with Gasteiger partial charge in [-0.15, -0.1) is 11.3 Å². The Balaban J connectivity index is 1.73. The van der Waals surface area contributed by atoms with E-state index in [0.29, 0.717) is 11.4 Å². The quantitative estimate of drug-likeness (QED) is 0.646. The maximum Gasteiger partial charge on any atom is 0.348 e. The van der Waals surface area contributed by atoms with Gasteiger partial charge in [0.05, 0.1) is 30.9 Å². The number of carbonyl (C=O) groups excluding carboxylic acids is 3. The van der Waals surface area contributed by atoms with Crippen LogP contribution in [0.15, 0.2) is 24.3 Å². The van der Waals surface area contributed by atoms with Gasteiger partial charge in [-0.3, -0.25) is 9.59 Å². The number of para-hydroxylation sites is 2. The van der Waals surface area contributed by atoms with Gasteiger partial charge >= 0.3 is 11.9 Å². The molecular weight excluding hydrogens is 422 g/mol. The number of hydrogen-bond acceptors (Lipinski definition) is 9. The molecule has 0 saturated carbocycles. The zero-order chi connectivity index (χ0) is 22.5. The highest BCUT2D eigenvalue weighted by molar-refractivity contribution is 7.18. The van der Waals surface area contributed by atoms with Crippen molar-refractivity contribution in [2.45, 2.75) is 20.0 Å². The Morgan fingerprint density at radius 3 is 2.74 bits per heavy atom. The predicted molar refractivity (Wildman–Crippen MR) is 113 cm³/mol. The number of carbonyl (C=O) groups is 3. The lowest BCUT2D eigenvalue weighted by atomic mass is 10.1. The fourth-order valence-electron chi connectivity index (χ4n) is 3.32. The molecule has 0 spiro atoms. The van der Waals surface area contributed by atoms with Crippen LogP contribution in [0.25, 0.3) is 0 Å². The molecule has 1 fully saturated rings. The largest absolute Gasteiger partial charge is 0.495 e.